The number of rotatable bonds is 9. The van der Waals surface area contributed by atoms with Crippen molar-refractivity contribution in [3.8, 4) is 5.75 Å². The van der Waals surface area contributed by atoms with Crippen molar-refractivity contribution in [3.63, 3.8) is 0 Å². The van der Waals surface area contributed by atoms with E-state index < -0.39 is 30.6 Å². The Labute approximate surface area is 206 Å². The Morgan fingerprint density at radius 1 is 1.28 bits per heavy atom. The highest BCUT2D eigenvalue weighted by molar-refractivity contribution is 6.10. The number of carbonyl (C=O) groups excluding carboxylic acids is 2. The third-order valence-corrected chi connectivity index (χ3v) is 6.58. The molecule has 36 heavy (non-hydrogen) atoms. The zero-order valence-corrected chi connectivity index (χ0v) is 20.0. The number of nitrogens with two attached hydrogens (primary N) is 1. The Bertz CT molecular complexity index is 1280. The molecule has 0 aliphatic carbocycles. The van der Waals surface area contributed by atoms with Crippen LogP contribution in [0, 0.1) is 0 Å². The van der Waals surface area contributed by atoms with E-state index in [0.717, 1.165) is 16.5 Å². The number of hydrogen-bond donors (Lipinski definition) is 3. The second-order valence-corrected chi connectivity index (χ2v) is 9.14. The molecule has 2 heterocycles. The number of nitrogens with zero attached hydrogens (tertiary/aromatic N) is 2. The first kappa shape index (κ1) is 25.3. The minimum Gasteiger partial charge on any atom is -0.490 e. The second-order valence-electron chi connectivity index (χ2n) is 9.14. The van der Waals surface area contributed by atoms with Crippen LogP contribution in [0.3, 0.4) is 0 Å². The largest absolute Gasteiger partial charge is 0.490 e. The van der Waals surface area contributed by atoms with Crippen LogP contribution in [0.1, 0.15) is 38.7 Å². The molecule has 11 heteroatoms. The summed E-state index contributed by atoms with van der Waals surface area (Å²) in [6, 6.07) is 12.5. The van der Waals surface area contributed by atoms with Gasteiger partial charge >= 0.3 is 6.18 Å². The third-order valence-electron chi connectivity index (χ3n) is 6.58. The van der Waals surface area contributed by atoms with Crippen LogP contribution in [0.2, 0.25) is 0 Å². The summed E-state index contributed by atoms with van der Waals surface area (Å²) in [6.07, 6.45) is -3.05. The van der Waals surface area contributed by atoms with Crippen molar-refractivity contribution in [2.24, 2.45) is 0 Å². The number of carbonyl (C=O) groups is 2. The molecule has 2 amide bonds. The first-order valence-electron chi connectivity index (χ1n) is 11.7. The summed E-state index contributed by atoms with van der Waals surface area (Å²) in [7, 11) is 0. The summed E-state index contributed by atoms with van der Waals surface area (Å²) in [4.78, 5) is 26.9. The first-order chi connectivity index (χ1) is 17.0. The number of H-pyrrole nitrogens is 1. The number of aromatic amines is 1. The lowest BCUT2D eigenvalue weighted by Crippen LogP contribution is -2.45. The molecule has 1 aliphatic heterocycles. The van der Waals surface area contributed by atoms with Gasteiger partial charge in [0, 0.05) is 17.1 Å². The Hall–Kier alpha value is -3.76. The maximum absolute atomic E-state index is 13.5. The van der Waals surface area contributed by atoms with Gasteiger partial charge in [-0.25, -0.2) is 0 Å². The SMILES string of the molecule is CCC(CC[C@]1(C)C(=O)N(CC(=O)NCC(F)(F)F)c2ccccc21)Oc1ccc2c(N)n[nH]c2c1. The summed E-state index contributed by atoms with van der Waals surface area (Å²) in [5, 5.41) is 9.48. The van der Waals surface area contributed by atoms with Gasteiger partial charge in [0.05, 0.1) is 17.0 Å². The molecule has 0 radical (unpaired) electrons. The molecule has 4 N–H and O–H groups in total. The van der Waals surface area contributed by atoms with Crippen molar-refractivity contribution in [1.82, 2.24) is 15.5 Å². The van der Waals surface area contributed by atoms with Gasteiger partial charge in [-0.15, -0.1) is 0 Å². The summed E-state index contributed by atoms with van der Waals surface area (Å²) >= 11 is 0. The number of para-hydroxylation sites is 1. The van der Waals surface area contributed by atoms with E-state index in [4.69, 9.17) is 10.5 Å². The molecule has 2 atom stereocenters. The van der Waals surface area contributed by atoms with Crippen molar-refractivity contribution in [2.75, 3.05) is 23.7 Å². The molecule has 0 bridgehead atoms. The number of anilines is 2. The number of halogens is 3. The molecule has 3 aromatic rings. The fourth-order valence-electron chi connectivity index (χ4n) is 4.58. The molecule has 8 nitrogen and oxygen atoms in total. The third kappa shape index (κ3) is 5.09. The Morgan fingerprint density at radius 2 is 2.03 bits per heavy atom. The molecule has 1 aliphatic rings. The van der Waals surface area contributed by atoms with Crippen LogP contribution >= 0.6 is 0 Å². The predicted octanol–water partition coefficient (Wildman–Crippen LogP) is 4.07. The van der Waals surface area contributed by atoms with E-state index in [9.17, 15) is 22.8 Å². The number of amides is 2. The van der Waals surface area contributed by atoms with Gasteiger partial charge in [-0.3, -0.25) is 14.7 Å². The first-order valence-corrected chi connectivity index (χ1v) is 11.7. The number of aromatic nitrogens is 2. The lowest BCUT2D eigenvalue weighted by atomic mass is 9.79. The Balaban J connectivity index is 1.47. The quantitative estimate of drug-likeness (QED) is 0.408. The van der Waals surface area contributed by atoms with E-state index in [2.05, 4.69) is 10.2 Å². The molecule has 192 valence electrons. The van der Waals surface area contributed by atoms with E-state index in [0.29, 0.717) is 36.5 Å². The predicted molar refractivity (Wildman–Crippen MR) is 130 cm³/mol. The minimum absolute atomic E-state index is 0.191. The number of nitrogens with one attached hydrogen (secondary N) is 2. The summed E-state index contributed by atoms with van der Waals surface area (Å²) in [6.45, 7) is 1.86. The molecular weight excluding hydrogens is 475 g/mol. The molecule has 4 rings (SSSR count). The molecule has 0 fully saturated rings. The molecular formula is C25H28F3N5O3. The molecule has 0 saturated carbocycles. The van der Waals surface area contributed by atoms with E-state index in [-0.39, 0.29) is 12.0 Å². The lowest BCUT2D eigenvalue weighted by molar-refractivity contribution is -0.138. The van der Waals surface area contributed by atoms with Gasteiger partial charge in [-0.2, -0.15) is 18.3 Å². The van der Waals surface area contributed by atoms with Gasteiger partial charge < -0.3 is 20.7 Å². The minimum atomic E-state index is -4.53. The normalized spacial score (nSPS) is 18.4. The molecule has 1 aromatic heterocycles. The molecule has 0 saturated heterocycles. The highest BCUT2D eigenvalue weighted by Crippen LogP contribution is 2.44. The summed E-state index contributed by atoms with van der Waals surface area (Å²) in [5.74, 6) is -0.143. The zero-order valence-electron chi connectivity index (χ0n) is 20.0. The maximum Gasteiger partial charge on any atom is 0.405 e. The Morgan fingerprint density at radius 3 is 2.75 bits per heavy atom. The highest BCUT2D eigenvalue weighted by Gasteiger charge is 2.47. The fraction of sp³-hybridized carbons (Fsp3) is 0.400. The van der Waals surface area contributed by atoms with E-state index in [1.54, 1.807) is 25.1 Å². The van der Waals surface area contributed by atoms with Gasteiger partial charge in [0.1, 0.15) is 18.8 Å². The van der Waals surface area contributed by atoms with Crippen LogP contribution in [0.5, 0.6) is 5.75 Å². The van der Waals surface area contributed by atoms with E-state index >= 15 is 0 Å². The van der Waals surface area contributed by atoms with Gasteiger partial charge in [0.25, 0.3) is 0 Å². The second kappa shape index (κ2) is 9.71. The smallest absolute Gasteiger partial charge is 0.405 e. The standard InChI is InChI=1S/C25H28F3N5O3/c1-3-15(36-16-8-9-17-19(12-16)31-32-22(17)29)10-11-24(2)18-6-4-5-7-20(18)33(23(24)35)13-21(34)30-14-25(26,27)28/h4-9,12,15H,3,10-11,13-14H2,1-2H3,(H,30,34)(H3,29,31,32)/t15?,24-/m0/s1. The average molecular weight is 504 g/mol. The van der Waals surface area contributed by atoms with Gasteiger partial charge in [-0.05, 0) is 49.9 Å². The van der Waals surface area contributed by atoms with E-state index in [1.165, 1.54) is 4.90 Å². The fourth-order valence-corrected chi connectivity index (χ4v) is 4.58. The number of ether oxygens (including phenoxy) is 1. The van der Waals surface area contributed by atoms with Crippen LogP contribution in [-0.4, -0.2) is 47.4 Å². The van der Waals surface area contributed by atoms with E-state index in [1.807, 2.05) is 36.5 Å². The highest BCUT2D eigenvalue weighted by atomic mass is 19.4. The number of hydrogen-bond acceptors (Lipinski definition) is 5. The summed E-state index contributed by atoms with van der Waals surface area (Å²) in [5.41, 5.74) is 6.90. The van der Waals surface area contributed by atoms with Crippen LogP contribution < -0.4 is 20.7 Å². The number of fused-ring (bicyclic) bond motifs is 2. The van der Waals surface area contributed by atoms with Crippen LogP contribution in [-0.2, 0) is 15.0 Å². The van der Waals surface area contributed by atoms with Crippen LogP contribution in [0.15, 0.2) is 42.5 Å². The topological polar surface area (TPSA) is 113 Å². The van der Waals surface area contributed by atoms with Crippen molar-refractivity contribution in [2.45, 2.75) is 50.8 Å². The molecule has 1 unspecified atom stereocenters. The molecule has 0 spiro atoms. The zero-order chi connectivity index (χ0) is 26.1. The van der Waals surface area contributed by atoms with Gasteiger partial charge in [0.2, 0.25) is 11.8 Å². The average Bonchev–Trinajstić information content (AvgIpc) is 3.31. The van der Waals surface area contributed by atoms with Gasteiger partial charge in [-0.1, -0.05) is 25.1 Å². The van der Waals surface area contributed by atoms with Crippen LogP contribution in [0.4, 0.5) is 24.7 Å². The van der Waals surface area contributed by atoms with Gasteiger partial charge in [0.15, 0.2) is 5.82 Å². The lowest BCUT2D eigenvalue weighted by Gasteiger charge is -2.27. The monoisotopic (exact) mass is 503 g/mol. The van der Waals surface area contributed by atoms with Crippen molar-refractivity contribution < 1.29 is 27.5 Å². The van der Waals surface area contributed by atoms with Crippen molar-refractivity contribution in [1.29, 1.82) is 0 Å². The van der Waals surface area contributed by atoms with Crippen molar-refractivity contribution in [3.05, 3.63) is 48.0 Å². The number of alkyl halides is 3. The maximum atomic E-state index is 13.5. The van der Waals surface area contributed by atoms with Crippen molar-refractivity contribution >= 4 is 34.2 Å². The van der Waals surface area contributed by atoms with Crippen LogP contribution in [0.25, 0.3) is 10.9 Å². The number of nitrogen functional groups attached to an aromatic ring is 1. The molecule has 2 aromatic carbocycles. The number of benzene rings is 2. The summed E-state index contributed by atoms with van der Waals surface area (Å²) < 4.78 is 43.7. The Kier molecular flexibility index (Phi) is 6.83.